The van der Waals surface area contributed by atoms with Crippen LogP contribution in [0.4, 0.5) is 20.8 Å². The number of amides is 1. The number of methoxy groups -OCH3 is 2. The van der Waals surface area contributed by atoms with Crippen molar-refractivity contribution in [2.24, 2.45) is 0 Å². The number of hydrogen-bond donors (Lipinski definition) is 1. The Morgan fingerprint density at radius 2 is 1.87 bits per heavy atom. The minimum absolute atomic E-state index is 0.109. The fraction of sp³-hybridized carbons (Fsp3) is 0.382. The van der Waals surface area contributed by atoms with Crippen LogP contribution in [0.3, 0.4) is 0 Å². The monoisotopic (exact) mass is 615 g/mol. The van der Waals surface area contributed by atoms with E-state index in [0.717, 1.165) is 33.3 Å². The molecular weight excluding hydrogens is 577 g/mol. The summed E-state index contributed by atoms with van der Waals surface area (Å²) < 4.78 is 37.1. The molecule has 0 radical (unpaired) electrons. The van der Waals surface area contributed by atoms with Gasteiger partial charge in [-0.05, 0) is 48.4 Å². The highest BCUT2D eigenvalue weighted by molar-refractivity contribution is 5.98. The van der Waals surface area contributed by atoms with Gasteiger partial charge in [-0.1, -0.05) is 43.3 Å². The molecule has 1 saturated heterocycles. The van der Waals surface area contributed by atoms with E-state index >= 15 is 4.39 Å². The summed E-state index contributed by atoms with van der Waals surface area (Å²) in [7, 11) is 3.19. The topological polar surface area (TPSA) is 98.3 Å². The van der Waals surface area contributed by atoms with Crippen LogP contribution in [0.25, 0.3) is 10.8 Å². The van der Waals surface area contributed by atoms with E-state index in [1.54, 1.807) is 20.3 Å². The fourth-order valence-electron chi connectivity index (χ4n) is 6.19. The third kappa shape index (κ3) is 6.30. The number of aryl methyl sites for hydroxylation is 1. The van der Waals surface area contributed by atoms with Crippen LogP contribution in [0.2, 0.25) is 0 Å². The first-order valence-electron chi connectivity index (χ1n) is 15.1. The van der Waals surface area contributed by atoms with Gasteiger partial charge in [0.05, 0.1) is 24.9 Å². The number of carbonyl (C=O) groups excluding carboxylic acids is 1. The predicted octanol–water partition coefficient (Wildman–Crippen LogP) is 5.39. The summed E-state index contributed by atoms with van der Waals surface area (Å²) in [6.45, 7) is 6.44. The van der Waals surface area contributed by atoms with E-state index in [-0.39, 0.29) is 19.2 Å². The Bertz CT molecular complexity index is 1700. The van der Waals surface area contributed by atoms with Crippen molar-refractivity contribution in [2.45, 2.75) is 45.4 Å². The molecule has 2 aliphatic rings. The lowest BCUT2D eigenvalue weighted by molar-refractivity contribution is 0.0512. The summed E-state index contributed by atoms with van der Waals surface area (Å²) in [6, 6.07) is 16.7. The zero-order chi connectivity index (χ0) is 31.6. The smallest absolute Gasteiger partial charge is 0.408 e. The predicted molar refractivity (Wildman–Crippen MR) is 170 cm³/mol. The number of rotatable bonds is 10. The number of nitrogens with one attached hydrogen (secondary N) is 1. The van der Waals surface area contributed by atoms with Gasteiger partial charge in [-0.25, -0.2) is 14.2 Å². The van der Waals surface area contributed by atoms with E-state index in [2.05, 4.69) is 10.2 Å². The second-order valence-corrected chi connectivity index (χ2v) is 11.7. The van der Waals surface area contributed by atoms with Gasteiger partial charge >= 0.3 is 6.09 Å². The van der Waals surface area contributed by atoms with E-state index in [9.17, 15) is 4.79 Å². The van der Waals surface area contributed by atoms with E-state index in [0.29, 0.717) is 62.2 Å². The number of benzene rings is 3. The quantitative estimate of drug-likeness (QED) is 0.236. The Balaban J connectivity index is 1.22. The Kier molecular flexibility index (Phi) is 8.62. The van der Waals surface area contributed by atoms with Crippen molar-refractivity contribution in [3.05, 3.63) is 82.8 Å². The molecule has 0 atom stereocenters. The number of nitrogens with zero attached hydrogens (tertiary/aromatic N) is 4. The van der Waals surface area contributed by atoms with Crippen molar-refractivity contribution in [1.29, 1.82) is 0 Å². The second kappa shape index (κ2) is 12.8. The number of carbonyl (C=O) groups is 1. The largest absolute Gasteiger partial charge is 0.481 e. The highest BCUT2D eigenvalue weighted by Crippen LogP contribution is 2.39. The summed E-state index contributed by atoms with van der Waals surface area (Å²) >= 11 is 0. The normalized spacial score (nSPS) is 15.3. The van der Waals surface area contributed by atoms with E-state index in [1.165, 1.54) is 6.07 Å². The summed E-state index contributed by atoms with van der Waals surface area (Å²) in [5.74, 6) is 1.50. The lowest BCUT2D eigenvalue weighted by Gasteiger charge is -2.48. The standard InChI is InChI=1S/C34H38FN5O5/c1-5-25-27(35)12-11-23-15-24(45-21-42-3)16-29(30(23)25)39-14-13-26-28(17-39)36-32(37-31(26)43-4)40-19-34(2,20-40)38-33(41)44-18-22-9-7-6-8-10-22/h6-12,15-16H,5,13-14,17-21H2,1-4H3,(H,38,41). The van der Waals surface area contributed by atoms with Gasteiger partial charge in [-0.2, -0.15) is 4.98 Å². The molecule has 0 bridgehead atoms. The van der Waals surface area contributed by atoms with Crippen molar-refractivity contribution >= 4 is 28.5 Å². The van der Waals surface area contributed by atoms with Crippen molar-refractivity contribution < 1.29 is 28.1 Å². The molecule has 0 saturated carbocycles. The zero-order valence-electron chi connectivity index (χ0n) is 26.1. The van der Waals surface area contributed by atoms with Crippen molar-refractivity contribution in [3.63, 3.8) is 0 Å². The fourth-order valence-corrected chi connectivity index (χ4v) is 6.19. The summed E-state index contributed by atoms with van der Waals surface area (Å²) in [5, 5.41) is 4.76. The Morgan fingerprint density at radius 3 is 2.60 bits per heavy atom. The molecule has 1 amide bonds. The Hall–Kier alpha value is -4.64. The third-order valence-electron chi connectivity index (χ3n) is 8.35. The number of ether oxygens (including phenoxy) is 4. The molecule has 1 aromatic heterocycles. The van der Waals surface area contributed by atoms with Gasteiger partial charge in [-0.15, -0.1) is 0 Å². The van der Waals surface area contributed by atoms with Crippen LogP contribution in [-0.2, 0) is 35.5 Å². The molecule has 0 spiro atoms. The molecule has 10 nitrogen and oxygen atoms in total. The molecule has 11 heteroatoms. The van der Waals surface area contributed by atoms with E-state index in [1.807, 2.05) is 61.2 Å². The molecule has 6 rings (SSSR count). The Morgan fingerprint density at radius 1 is 1.07 bits per heavy atom. The molecule has 1 fully saturated rings. The van der Waals surface area contributed by atoms with Gasteiger partial charge in [0.2, 0.25) is 11.8 Å². The van der Waals surface area contributed by atoms with Gasteiger partial charge in [0.15, 0.2) is 6.79 Å². The maximum atomic E-state index is 15.0. The van der Waals surface area contributed by atoms with Gasteiger partial charge in [0.25, 0.3) is 0 Å². The summed E-state index contributed by atoms with van der Waals surface area (Å²) in [6.07, 6.45) is 0.750. The summed E-state index contributed by atoms with van der Waals surface area (Å²) in [4.78, 5) is 26.5. The van der Waals surface area contributed by atoms with Crippen LogP contribution in [-0.4, -0.2) is 62.2 Å². The lowest BCUT2D eigenvalue weighted by Crippen LogP contribution is -2.69. The molecular formula is C34H38FN5O5. The van der Waals surface area contributed by atoms with Crippen LogP contribution in [0.5, 0.6) is 11.6 Å². The zero-order valence-corrected chi connectivity index (χ0v) is 26.1. The molecule has 45 heavy (non-hydrogen) atoms. The number of alkyl carbamates (subject to hydrolysis) is 1. The third-order valence-corrected chi connectivity index (χ3v) is 8.35. The van der Waals surface area contributed by atoms with Crippen LogP contribution in [0, 0.1) is 5.82 Å². The second-order valence-electron chi connectivity index (χ2n) is 11.7. The molecule has 236 valence electrons. The number of anilines is 2. The number of halogens is 1. The van der Waals surface area contributed by atoms with E-state index in [4.69, 9.17) is 28.9 Å². The average molecular weight is 616 g/mol. The maximum Gasteiger partial charge on any atom is 0.408 e. The highest BCUT2D eigenvalue weighted by Gasteiger charge is 2.42. The number of hydrogen-bond acceptors (Lipinski definition) is 9. The van der Waals surface area contributed by atoms with Gasteiger partial charge in [0, 0.05) is 49.4 Å². The van der Waals surface area contributed by atoms with Crippen molar-refractivity contribution in [1.82, 2.24) is 15.3 Å². The van der Waals surface area contributed by atoms with Crippen LogP contribution in [0.1, 0.15) is 36.2 Å². The van der Waals surface area contributed by atoms with Gasteiger partial charge < -0.3 is 34.1 Å². The number of fused-ring (bicyclic) bond motifs is 2. The first-order valence-corrected chi connectivity index (χ1v) is 15.1. The number of aromatic nitrogens is 2. The highest BCUT2D eigenvalue weighted by atomic mass is 19.1. The van der Waals surface area contributed by atoms with Crippen molar-refractivity contribution in [2.75, 3.05) is 50.4 Å². The van der Waals surface area contributed by atoms with Crippen LogP contribution in [0.15, 0.2) is 54.6 Å². The molecule has 2 aliphatic heterocycles. The Labute approximate surface area is 262 Å². The molecule has 4 aromatic rings. The average Bonchev–Trinajstić information content (AvgIpc) is 3.04. The van der Waals surface area contributed by atoms with E-state index < -0.39 is 11.6 Å². The first kappa shape index (κ1) is 30.4. The molecule has 3 heterocycles. The molecule has 0 unspecified atom stereocenters. The minimum Gasteiger partial charge on any atom is -0.481 e. The van der Waals surface area contributed by atoms with Crippen LogP contribution >= 0.6 is 0 Å². The van der Waals surface area contributed by atoms with Crippen LogP contribution < -0.4 is 24.6 Å². The first-order chi connectivity index (χ1) is 21.8. The molecule has 0 aliphatic carbocycles. The van der Waals surface area contributed by atoms with Crippen molar-refractivity contribution in [3.8, 4) is 11.6 Å². The van der Waals surface area contributed by atoms with Gasteiger partial charge in [-0.3, -0.25) is 0 Å². The molecule has 3 aromatic carbocycles. The van der Waals surface area contributed by atoms with Gasteiger partial charge in [0.1, 0.15) is 18.2 Å². The summed E-state index contributed by atoms with van der Waals surface area (Å²) in [5.41, 5.74) is 3.79. The lowest BCUT2D eigenvalue weighted by atomic mass is 9.93. The maximum absolute atomic E-state index is 15.0. The molecule has 1 N–H and O–H groups in total. The SMILES string of the molecule is CCc1c(F)ccc2cc(OCOC)cc(N3CCc4c(nc(N5CC(C)(NC(=O)OCc6ccccc6)C5)nc4OC)C3)c12. The minimum atomic E-state index is -0.492.